The molecule has 4 aromatic rings. The van der Waals surface area contributed by atoms with Crippen molar-refractivity contribution in [1.82, 2.24) is 9.55 Å². The van der Waals surface area contributed by atoms with E-state index < -0.39 is 12.3 Å². The lowest BCUT2D eigenvalue weighted by Crippen LogP contribution is -2.29. The van der Waals surface area contributed by atoms with Crippen molar-refractivity contribution in [3.8, 4) is 5.88 Å². The Morgan fingerprint density at radius 1 is 1.00 bits per heavy atom. The van der Waals surface area contributed by atoms with Gasteiger partial charge >= 0.3 is 0 Å². The molecule has 2 heterocycles. The number of nitrogens with zero attached hydrogens (tertiary/aromatic N) is 2. The fourth-order valence-electron chi connectivity index (χ4n) is 3.46. The van der Waals surface area contributed by atoms with Crippen LogP contribution < -0.4 is 10.1 Å². The van der Waals surface area contributed by atoms with E-state index in [9.17, 15) is 5.11 Å². The zero-order valence-corrected chi connectivity index (χ0v) is 18.5. The maximum Gasteiger partial charge on any atom is 0.214 e. The number of ether oxygens (including phenoxy) is 1. The number of pyridine rings is 1. The first-order valence-corrected chi connectivity index (χ1v) is 10.4. The maximum atomic E-state index is 10.6. The van der Waals surface area contributed by atoms with Gasteiger partial charge in [0.2, 0.25) is 5.88 Å². The molecule has 2 N–H and O–H groups in total. The number of benzene rings is 2. The summed E-state index contributed by atoms with van der Waals surface area (Å²) in [6.07, 6.45) is -1.08. The van der Waals surface area contributed by atoms with Gasteiger partial charge in [0, 0.05) is 25.8 Å². The molecule has 0 amide bonds. The first kappa shape index (κ1) is 19.2. The fourth-order valence-corrected chi connectivity index (χ4v) is 4.18. The van der Waals surface area contributed by atoms with Gasteiger partial charge in [0.15, 0.2) is 0 Å². The summed E-state index contributed by atoms with van der Waals surface area (Å²) < 4.78 is 9.36. The Morgan fingerprint density at radius 2 is 1.61 bits per heavy atom. The highest BCUT2D eigenvalue weighted by molar-refractivity contribution is 9.10. The second-order valence-corrected chi connectivity index (χ2v) is 8.42. The summed E-state index contributed by atoms with van der Waals surface area (Å²) in [7, 11) is 1.58. The minimum absolute atomic E-state index is 0.415. The molecular weight excluding hydrogens is 486 g/mol. The van der Waals surface area contributed by atoms with Gasteiger partial charge in [-0.2, -0.15) is 4.98 Å². The number of fused-ring (bicyclic) bond motifs is 3. The standard InChI is InChI=1S/C21H19Br2N3O2/c1-12(27)21(25-19-4-3-5-20(24-19)28-2)26-17-8-6-13(22)10-15(17)16-11-14(23)7-9-18(16)26/h3-12,21,27H,1-2H3,(H,24,25). The summed E-state index contributed by atoms with van der Waals surface area (Å²) in [4.78, 5) is 4.44. The van der Waals surface area contributed by atoms with Crippen molar-refractivity contribution in [2.45, 2.75) is 19.2 Å². The molecule has 0 aliphatic heterocycles. The normalized spacial score (nSPS) is 13.6. The highest BCUT2D eigenvalue weighted by Crippen LogP contribution is 2.36. The molecule has 4 rings (SSSR count). The molecule has 2 aromatic carbocycles. The van der Waals surface area contributed by atoms with Crippen LogP contribution >= 0.6 is 31.9 Å². The third-order valence-corrected chi connectivity index (χ3v) is 5.68. The van der Waals surface area contributed by atoms with Crippen LogP contribution in [0.2, 0.25) is 0 Å². The van der Waals surface area contributed by atoms with Gasteiger partial charge in [-0.15, -0.1) is 0 Å². The molecule has 0 aliphatic carbocycles. The molecule has 144 valence electrons. The van der Waals surface area contributed by atoms with E-state index in [-0.39, 0.29) is 0 Å². The first-order chi connectivity index (χ1) is 13.5. The van der Waals surface area contributed by atoms with Crippen LogP contribution in [0.1, 0.15) is 13.1 Å². The summed E-state index contributed by atoms with van der Waals surface area (Å²) in [6.45, 7) is 1.77. The predicted molar refractivity (Wildman–Crippen MR) is 120 cm³/mol. The lowest BCUT2D eigenvalue weighted by molar-refractivity contribution is 0.147. The number of nitrogens with one attached hydrogen (secondary N) is 1. The van der Waals surface area contributed by atoms with Crippen molar-refractivity contribution < 1.29 is 9.84 Å². The number of methoxy groups -OCH3 is 1. The molecule has 2 aromatic heterocycles. The molecular formula is C21H19Br2N3O2. The van der Waals surface area contributed by atoms with Crippen LogP contribution in [0.15, 0.2) is 63.5 Å². The van der Waals surface area contributed by atoms with Crippen LogP contribution in [0.4, 0.5) is 5.82 Å². The average molecular weight is 505 g/mol. The molecule has 28 heavy (non-hydrogen) atoms. The van der Waals surface area contributed by atoms with Crippen LogP contribution in [0, 0.1) is 0 Å². The van der Waals surface area contributed by atoms with Crippen LogP contribution in [0.25, 0.3) is 21.8 Å². The van der Waals surface area contributed by atoms with E-state index in [1.807, 2.05) is 24.3 Å². The lowest BCUT2D eigenvalue weighted by atomic mass is 10.2. The number of aliphatic hydroxyl groups excluding tert-OH is 1. The fraction of sp³-hybridized carbons (Fsp3) is 0.190. The number of aliphatic hydroxyl groups is 1. The van der Waals surface area contributed by atoms with Crippen LogP contribution in [-0.2, 0) is 0 Å². The number of rotatable bonds is 5. The molecule has 0 bridgehead atoms. The minimum Gasteiger partial charge on any atom is -0.481 e. The summed E-state index contributed by atoms with van der Waals surface area (Å²) >= 11 is 7.14. The quantitative estimate of drug-likeness (QED) is 0.365. The monoisotopic (exact) mass is 503 g/mol. The second-order valence-electron chi connectivity index (χ2n) is 6.59. The van der Waals surface area contributed by atoms with E-state index in [2.05, 4.69) is 71.0 Å². The van der Waals surface area contributed by atoms with Gasteiger partial charge in [-0.05, 0) is 49.4 Å². The second kappa shape index (κ2) is 7.73. The van der Waals surface area contributed by atoms with E-state index in [0.717, 1.165) is 30.8 Å². The lowest BCUT2D eigenvalue weighted by Gasteiger charge is -2.26. The van der Waals surface area contributed by atoms with E-state index in [1.165, 1.54) is 0 Å². The highest BCUT2D eigenvalue weighted by Gasteiger charge is 2.23. The van der Waals surface area contributed by atoms with Crippen molar-refractivity contribution >= 4 is 59.5 Å². The SMILES string of the molecule is COc1cccc(NC(C(C)O)n2c3ccc(Br)cc3c3cc(Br)ccc32)n1. The third-order valence-electron chi connectivity index (χ3n) is 4.69. The van der Waals surface area contributed by atoms with E-state index >= 15 is 0 Å². The Bertz CT molecular complexity index is 1100. The zero-order chi connectivity index (χ0) is 19.8. The molecule has 0 saturated carbocycles. The largest absolute Gasteiger partial charge is 0.481 e. The Morgan fingerprint density at radius 3 is 2.14 bits per heavy atom. The molecule has 2 unspecified atom stereocenters. The van der Waals surface area contributed by atoms with Crippen molar-refractivity contribution in [3.63, 3.8) is 0 Å². The highest BCUT2D eigenvalue weighted by atomic mass is 79.9. The Labute approximate surface area is 179 Å². The predicted octanol–water partition coefficient (Wildman–Crippen LogP) is 5.71. The zero-order valence-electron chi connectivity index (χ0n) is 15.4. The molecule has 0 saturated heterocycles. The van der Waals surface area contributed by atoms with Crippen molar-refractivity contribution in [1.29, 1.82) is 0 Å². The number of halogens is 2. The summed E-state index contributed by atoms with van der Waals surface area (Å²) in [5.41, 5.74) is 2.05. The van der Waals surface area contributed by atoms with Crippen LogP contribution in [0.5, 0.6) is 5.88 Å². The van der Waals surface area contributed by atoms with E-state index in [0.29, 0.717) is 11.7 Å². The number of hydrogen-bond acceptors (Lipinski definition) is 4. The first-order valence-electron chi connectivity index (χ1n) is 8.82. The number of aromatic nitrogens is 2. The summed E-state index contributed by atoms with van der Waals surface area (Å²) in [5, 5.41) is 16.2. The Kier molecular flexibility index (Phi) is 5.31. The third kappa shape index (κ3) is 3.50. The molecule has 7 heteroatoms. The van der Waals surface area contributed by atoms with Gasteiger partial charge in [-0.1, -0.05) is 37.9 Å². The van der Waals surface area contributed by atoms with Gasteiger partial charge in [-0.25, -0.2) is 0 Å². The summed E-state index contributed by atoms with van der Waals surface area (Å²) in [5.74, 6) is 1.15. The van der Waals surface area contributed by atoms with Gasteiger partial charge in [0.05, 0.1) is 24.2 Å². The van der Waals surface area contributed by atoms with Crippen molar-refractivity contribution in [3.05, 3.63) is 63.5 Å². The molecule has 0 radical (unpaired) electrons. The van der Waals surface area contributed by atoms with Crippen LogP contribution in [-0.4, -0.2) is 27.9 Å². The molecule has 0 aliphatic rings. The van der Waals surface area contributed by atoms with Crippen molar-refractivity contribution in [2.75, 3.05) is 12.4 Å². The minimum atomic E-state index is -0.668. The van der Waals surface area contributed by atoms with Crippen LogP contribution in [0.3, 0.4) is 0 Å². The maximum absolute atomic E-state index is 10.6. The molecule has 0 spiro atoms. The average Bonchev–Trinajstić information content (AvgIpc) is 2.98. The smallest absolute Gasteiger partial charge is 0.214 e. The Hall–Kier alpha value is -2.09. The van der Waals surface area contributed by atoms with E-state index in [4.69, 9.17) is 4.74 Å². The number of hydrogen-bond donors (Lipinski definition) is 2. The van der Waals surface area contributed by atoms with E-state index in [1.54, 1.807) is 20.1 Å². The number of anilines is 1. The molecule has 2 atom stereocenters. The van der Waals surface area contributed by atoms with Gasteiger partial charge in [0.25, 0.3) is 0 Å². The van der Waals surface area contributed by atoms with Gasteiger partial charge in [-0.3, -0.25) is 0 Å². The Balaban J connectivity index is 1.92. The van der Waals surface area contributed by atoms with Crippen molar-refractivity contribution in [2.24, 2.45) is 0 Å². The van der Waals surface area contributed by atoms with Gasteiger partial charge in [0.1, 0.15) is 12.0 Å². The molecule has 5 nitrogen and oxygen atoms in total. The topological polar surface area (TPSA) is 59.3 Å². The molecule has 0 fully saturated rings. The summed E-state index contributed by atoms with van der Waals surface area (Å²) in [6, 6.07) is 17.9. The van der Waals surface area contributed by atoms with Gasteiger partial charge < -0.3 is 19.7 Å².